The van der Waals surface area contributed by atoms with E-state index in [2.05, 4.69) is 29.0 Å². The van der Waals surface area contributed by atoms with Gasteiger partial charge in [-0.15, -0.1) is 0 Å². The molecule has 0 saturated carbocycles. The van der Waals surface area contributed by atoms with Crippen molar-refractivity contribution in [2.75, 3.05) is 6.26 Å². The van der Waals surface area contributed by atoms with E-state index in [1.807, 2.05) is 18.4 Å². The minimum absolute atomic E-state index is 0.112. The van der Waals surface area contributed by atoms with Gasteiger partial charge in [0.2, 0.25) is 0 Å². The average Bonchev–Trinajstić information content (AvgIpc) is 2.38. The van der Waals surface area contributed by atoms with Crippen molar-refractivity contribution in [2.24, 2.45) is 0 Å². The van der Waals surface area contributed by atoms with E-state index in [4.69, 9.17) is 0 Å². The van der Waals surface area contributed by atoms with Crippen molar-refractivity contribution in [3.8, 4) is 11.3 Å². The van der Waals surface area contributed by atoms with Crippen molar-refractivity contribution in [1.29, 1.82) is 0 Å². The van der Waals surface area contributed by atoms with Crippen LogP contribution in [0.2, 0.25) is 0 Å². The van der Waals surface area contributed by atoms with Gasteiger partial charge in [0.15, 0.2) is 5.16 Å². The van der Waals surface area contributed by atoms with Crippen LogP contribution in [0.15, 0.2) is 40.3 Å². The third-order valence-corrected chi connectivity index (χ3v) is 3.15. The molecule has 1 aromatic heterocycles. The normalized spacial score (nSPS) is 10.5. The van der Waals surface area contributed by atoms with Gasteiger partial charge in [-0.3, -0.25) is 4.79 Å². The van der Waals surface area contributed by atoms with Crippen LogP contribution in [-0.4, -0.2) is 16.2 Å². The molecule has 0 unspecified atom stereocenters. The van der Waals surface area contributed by atoms with Crippen LogP contribution in [0.4, 0.5) is 0 Å². The number of rotatable bonds is 3. The van der Waals surface area contributed by atoms with Crippen molar-refractivity contribution in [2.45, 2.75) is 18.5 Å². The molecule has 0 fully saturated rings. The van der Waals surface area contributed by atoms with E-state index in [9.17, 15) is 4.79 Å². The SMILES string of the molecule is CCc1ccc(-c2cc(=O)[nH]c(SC)n2)cc1. The third kappa shape index (κ3) is 2.77. The van der Waals surface area contributed by atoms with E-state index in [1.54, 1.807) is 0 Å². The molecule has 4 heteroatoms. The standard InChI is InChI=1S/C13H14N2OS/c1-3-9-4-6-10(7-5-9)11-8-12(16)15-13(14-11)17-2/h4-8H,3H2,1-2H3,(H,14,15,16). The molecule has 2 aromatic rings. The monoisotopic (exact) mass is 246 g/mol. The first-order valence-electron chi connectivity index (χ1n) is 5.47. The molecule has 2 rings (SSSR count). The number of aromatic amines is 1. The Hall–Kier alpha value is -1.55. The van der Waals surface area contributed by atoms with Crippen LogP contribution in [-0.2, 0) is 6.42 Å². The minimum atomic E-state index is -0.112. The summed E-state index contributed by atoms with van der Waals surface area (Å²) in [5.74, 6) is 0. The second kappa shape index (κ2) is 5.19. The molecule has 1 aromatic carbocycles. The van der Waals surface area contributed by atoms with Gasteiger partial charge in [-0.25, -0.2) is 4.98 Å². The maximum Gasteiger partial charge on any atom is 0.252 e. The second-order valence-electron chi connectivity index (χ2n) is 3.69. The predicted molar refractivity (Wildman–Crippen MR) is 71.5 cm³/mol. The first kappa shape index (κ1) is 11.9. The Labute approximate surface area is 104 Å². The molecule has 1 heterocycles. The maximum atomic E-state index is 11.5. The molecular formula is C13H14N2OS. The number of nitrogens with zero attached hydrogens (tertiary/aromatic N) is 1. The van der Waals surface area contributed by atoms with Gasteiger partial charge in [-0.2, -0.15) is 0 Å². The molecule has 0 amide bonds. The zero-order valence-electron chi connectivity index (χ0n) is 9.86. The van der Waals surface area contributed by atoms with E-state index in [1.165, 1.54) is 23.4 Å². The molecule has 88 valence electrons. The topological polar surface area (TPSA) is 45.8 Å². The van der Waals surface area contributed by atoms with Crippen LogP contribution in [0.3, 0.4) is 0 Å². The first-order valence-corrected chi connectivity index (χ1v) is 6.70. The van der Waals surface area contributed by atoms with Gasteiger partial charge >= 0.3 is 0 Å². The fourth-order valence-corrected chi connectivity index (χ4v) is 1.98. The van der Waals surface area contributed by atoms with Crippen LogP contribution in [0.5, 0.6) is 0 Å². The summed E-state index contributed by atoms with van der Waals surface area (Å²) in [6.45, 7) is 2.12. The summed E-state index contributed by atoms with van der Waals surface area (Å²) in [4.78, 5) is 18.5. The third-order valence-electron chi connectivity index (χ3n) is 2.57. The van der Waals surface area contributed by atoms with Gasteiger partial charge in [0.25, 0.3) is 5.56 Å². The summed E-state index contributed by atoms with van der Waals surface area (Å²) >= 11 is 1.43. The van der Waals surface area contributed by atoms with Crippen LogP contribution >= 0.6 is 11.8 Å². The van der Waals surface area contributed by atoms with Gasteiger partial charge in [0.1, 0.15) is 0 Å². The molecule has 0 spiro atoms. The molecule has 0 bridgehead atoms. The number of benzene rings is 1. The molecule has 3 nitrogen and oxygen atoms in total. The van der Waals surface area contributed by atoms with Crippen molar-refractivity contribution in [3.63, 3.8) is 0 Å². The lowest BCUT2D eigenvalue weighted by Gasteiger charge is -2.03. The predicted octanol–water partition coefficient (Wildman–Crippen LogP) is 2.72. The molecule has 0 aliphatic rings. The fourth-order valence-electron chi connectivity index (χ4n) is 1.59. The number of hydrogen-bond donors (Lipinski definition) is 1. The zero-order valence-corrected chi connectivity index (χ0v) is 10.7. The summed E-state index contributed by atoms with van der Waals surface area (Å²) in [6.07, 6.45) is 2.90. The van der Waals surface area contributed by atoms with Gasteiger partial charge in [-0.05, 0) is 18.2 Å². The summed E-state index contributed by atoms with van der Waals surface area (Å²) in [7, 11) is 0. The highest BCUT2D eigenvalue weighted by Gasteiger charge is 2.03. The minimum Gasteiger partial charge on any atom is -0.301 e. The Balaban J connectivity index is 2.44. The summed E-state index contributed by atoms with van der Waals surface area (Å²) < 4.78 is 0. The Morgan fingerprint density at radius 1 is 1.29 bits per heavy atom. The molecule has 0 aliphatic carbocycles. The van der Waals surface area contributed by atoms with Gasteiger partial charge < -0.3 is 4.98 Å². The summed E-state index contributed by atoms with van der Waals surface area (Å²) in [6, 6.07) is 9.67. The molecule has 0 atom stereocenters. The summed E-state index contributed by atoms with van der Waals surface area (Å²) in [5, 5.41) is 0.645. The Bertz CT molecular complexity index is 560. The molecule has 1 N–H and O–H groups in total. The van der Waals surface area contributed by atoms with E-state index in [-0.39, 0.29) is 5.56 Å². The van der Waals surface area contributed by atoms with Gasteiger partial charge in [-0.1, -0.05) is 43.0 Å². The Morgan fingerprint density at radius 2 is 2.00 bits per heavy atom. The fraction of sp³-hybridized carbons (Fsp3) is 0.231. The van der Waals surface area contributed by atoms with Gasteiger partial charge in [0, 0.05) is 11.6 Å². The molecule has 0 saturated heterocycles. The zero-order chi connectivity index (χ0) is 12.3. The number of aryl methyl sites for hydroxylation is 1. The number of aromatic nitrogens is 2. The highest BCUT2D eigenvalue weighted by atomic mass is 32.2. The number of nitrogens with one attached hydrogen (secondary N) is 1. The van der Waals surface area contributed by atoms with Crippen molar-refractivity contribution < 1.29 is 0 Å². The van der Waals surface area contributed by atoms with E-state index in [0.717, 1.165) is 17.7 Å². The summed E-state index contributed by atoms with van der Waals surface area (Å²) in [5.41, 5.74) is 2.87. The quantitative estimate of drug-likeness (QED) is 0.669. The number of thioether (sulfide) groups is 1. The maximum absolute atomic E-state index is 11.5. The van der Waals surface area contributed by atoms with Crippen molar-refractivity contribution in [1.82, 2.24) is 9.97 Å². The first-order chi connectivity index (χ1) is 8.22. The van der Waals surface area contributed by atoms with Crippen LogP contribution < -0.4 is 5.56 Å². The Kier molecular flexibility index (Phi) is 3.64. The van der Waals surface area contributed by atoms with Crippen molar-refractivity contribution >= 4 is 11.8 Å². The van der Waals surface area contributed by atoms with Gasteiger partial charge in [0.05, 0.1) is 5.69 Å². The lowest BCUT2D eigenvalue weighted by atomic mass is 10.1. The highest BCUT2D eigenvalue weighted by Crippen LogP contribution is 2.18. The van der Waals surface area contributed by atoms with Crippen molar-refractivity contribution in [3.05, 3.63) is 46.2 Å². The smallest absolute Gasteiger partial charge is 0.252 e. The second-order valence-corrected chi connectivity index (χ2v) is 4.49. The number of hydrogen-bond acceptors (Lipinski definition) is 3. The van der Waals surface area contributed by atoms with E-state index < -0.39 is 0 Å². The van der Waals surface area contributed by atoms with E-state index in [0.29, 0.717) is 5.16 Å². The largest absolute Gasteiger partial charge is 0.301 e. The van der Waals surface area contributed by atoms with Crippen LogP contribution in [0.25, 0.3) is 11.3 Å². The van der Waals surface area contributed by atoms with Crippen LogP contribution in [0.1, 0.15) is 12.5 Å². The number of H-pyrrole nitrogens is 1. The Morgan fingerprint density at radius 3 is 2.59 bits per heavy atom. The van der Waals surface area contributed by atoms with E-state index >= 15 is 0 Å². The molecule has 17 heavy (non-hydrogen) atoms. The molecule has 0 radical (unpaired) electrons. The average molecular weight is 246 g/mol. The highest BCUT2D eigenvalue weighted by molar-refractivity contribution is 7.98. The molecule has 0 aliphatic heterocycles. The van der Waals surface area contributed by atoms with Crippen LogP contribution in [0, 0.1) is 0 Å². The molecular weight excluding hydrogens is 232 g/mol. The lowest BCUT2D eigenvalue weighted by molar-refractivity contribution is 0.945. The lowest BCUT2D eigenvalue weighted by Crippen LogP contribution is -2.07.